The van der Waals surface area contributed by atoms with E-state index in [1.165, 1.54) is 19.3 Å². The van der Waals surface area contributed by atoms with Crippen LogP contribution in [0.3, 0.4) is 0 Å². The second kappa shape index (κ2) is 5.91. The van der Waals surface area contributed by atoms with Crippen molar-refractivity contribution in [3.05, 3.63) is 43.0 Å². The van der Waals surface area contributed by atoms with Gasteiger partial charge in [-0.2, -0.15) is 0 Å². The zero-order valence-electron chi connectivity index (χ0n) is 13.1. The highest BCUT2D eigenvalue weighted by atomic mass is 15.1. The van der Waals surface area contributed by atoms with Gasteiger partial charge in [-0.05, 0) is 37.0 Å². The van der Waals surface area contributed by atoms with Gasteiger partial charge >= 0.3 is 0 Å². The first-order chi connectivity index (χ1) is 11.3. The van der Waals surface area contributed by atoms with Crippen LogP contribution in [-0.2, 0) is 0 Å². The Morgan fingerprint density at radius 3 is 2.61 bits per heavy atom. The molecule has 1 saturated carbocycles. The van der Waals surface area contributed by atoms with Crippen molar-refractivity contribution in [3.8, 4) is 11.4 Å². The van der Waals surface area contributed by atoms with Crippen LogP contribution in [0, 0.1) is 5.92 Å². The fourth-order valence-electron chi connectivity index (χ4n) is 3.26. The smallest absolute Gasteiger partial charge is 0.162 e. The maximum absolute atomic E-state index is 4.79. The van der Waals surface area contributed by atoms with Crippen LogP contribution in [0.1, 0.15) is 26.2 Å². The number of hydrogen-bond acceptors (Lipinski definition) is 5. The molecule has 0 aliphatic heterocycles. The minimum Gasteiger partial charge on any atom is -0.366 e. The number of nitrogens with zero attached hydrogens (tertiary/aromatic N) is 4. The van der Waals surface area contributed by atoms with Crippen LogP contribution in [0.15, 0.2) is 43.0 Å². The Hall–Kier alpha value is -2.56. The van der Waals surface area contributed by atoms with E-state index < -0.39 is 0 Å². The van der Waals surface area contributed by atoms with Gasteiger partial charge in [0.05, 0.1) is 11.7 Å². The zero-order chi connectivity index (χ0) is 15.6. The van der Waals surface area contributed by atoms with E-state index in [2.05, 4.69) is 27.2 Å². The summed E-state index contributed by atoms with van der Waals surface area (Å²) in [6.07, 6.45) is 10.9. The summed E-state index contributed by atoms with van der Waals surface area (Å²) in [5.74, 6) is 2.29. The van der Waals surface area contributed by atoms with E-state index in [0.29, 0.717) is 17.8 Å². The standard InChI is InChI=1S/C18H19N5/c1-12-3-2-4-15(12)21-18-14-7-10-20-11-16(14)22-17(23-18)13-5-8-19-9-6-13/h5-12,15H,2-4H2,1H3,(H,21,22,23)/t12-,15+/m0/s1. The van der Waals surface area contributed by atoms with Crippen LogP contribution in [-0.4, -0.2) is 26.0 Å². The molecule has 0 saturated heterocycles. The van der Waals surface area contributed by atoms with E-state index in [0.717, 1.165) is 22.3 Å². The van der Waals surface area contributed by atoms with Gasteiger partial charge in [0.1, 0.15) is 5.82 Å². The number of pyridine rings is 2. The summed E-state index contributed by atoms with van der Waals surface area (Å²) in [7, 11) is 0. The molecule has 5 heteroatoms. The second-order valence-electron chi connectivity index (χ2n) is 6.18. The maximum Gasteiger partial charge on any atom is 0.162 e. The average molecular weight is 305 g/mol. The largest absolute Gasteiger partial charge is 0.366 e. The van der Waals surface area contributed by atoms with Crippen LogP contribution < -0.4 is 5.32 Å². The maximum atomic E-state index is 4.79. The Morgan fingerprint density at radius 1 is 1.00 bits per heavy atom. The van der Waals surface area contributed by atoms with Crippen molar-refractivity contribution in [2.45, 2.75) is 32.2 Å². The fourth-order valence-corrected chi connectivity index (χ4v) is 3.26. The topological polar surface area (TPSA) is 63.6 Å². The first-order valence-corrected chi connectivity index (χ1v) is 8.10. The van der Waals surface area contributed by atoms with Gasteiger partial charge in [-0.1, -0.05) is 13.3 Å². The van der Waals surface area contributed by atoms with Crippen LogP contribution in [0.2, 0.25) is 0 Å². The molecule has 23 heavy (non-hydrogen) atoms. The molecule has 1 aliphatic rings. The van der Waals surface area contributed by atoms with Crippen molar-refractivity contribution >= 4 is 16.7 Å². The first kappa shape index (κ1) is 14.1. The van der Waals surface area contributed by atoms with Gasteiger partial charge in [0, 0.05) is 35.6 Å². The van der Waals surface area contributed by atoms with Crippen LogP contribution in [0.5, 0.6) is 0 Å². The number of anilines is 1. The molecule has 0 spiro atoms. The van der Waals surface area contributed by atoms with E-state index >= 15 is 0 Å². The molecule has 116 valence electrons. The lowest BCUT2D eigenvalue weighted by atomic mass is 10.1. The summed E-state index contributed by atoms with van der Waals surface area (Å²) in [4.78, 5) is 17.7. The monoisotopic (exact) mass is 305 g/mol. The Kier molecular flexibility index (Phi) is 3.61. The van der Waals surface area contributed by atoms with Crippen LogP contribution in [0.25, 0.3) is 22.3 Å². The molecule has 3 aromatic rings. The SMILES string of the molecule is C[C@H]1CCC[C@H]1Nc1nc(-c2ccncc2)nc2cnccc12. The van der Waals surface area contributed by atoms with E-state index in [1.807, 2.05) is 18.2 Å². The van der Waals surface area contributed by atoms with Gasteiger partial charge in [-0.3, -0.25) is 9.97 Å². The quantitative estimate of drug-likeness (QED) is 0.799. The number of hydrogen-bond donors (Lipinski definition) is 1. The van der Waals surface area contributed by atoms with Crippen molar-refractivity contribution in [2.24, 2.45) is 5.92 Å². The van der Waals surface area contributed by atoms with Gasteiger partial charge in [-0.25, -0.2) is 9.97 Å². The average Bonchev–Trinajstić information content (AvgIpc) is 3.00. The molecule has 1 fully saturated rings. The molecule has 1 N–H and O–H groups in total. The van der Waals surface area contributed by atoms with Gasteiger partial charge in [0.15, 0.2) is 5.82 Å². The third-order valence-electron chi connectivity index (χ3n) is 4.62. The zero-order valence-corrected chi connectivity index (χ0v) is 13.1. The highest BCUT2D eigenvalue weighted by Gasteiger charge is 2.24. The summed E-state index contributed by atoms with van der Waals surface area (Å²) in [6, 6.07) is 6.32. The predicted molar refractivity (Wildman–Crippen MR) is 91.0 cm³/mol. The predicted octanol–water partition coefficient (Wildman–Crippen LogP) is 3.69. The minimum absolute atomic E-state index is 0.478. The lowest BCUT2D eigenvalue weighted by molar-refractivity contribution is 0.555. The Bertz CT molecular complexity index is 818. The third-order valence-corrected chi connectivity index (χ3v) is 4.62. The summed E-state index contributed by atoms with van der Waals surface area (Å²) in [5.41, 5.74) is 1.83. The van der Waals surface area contributed by atoms with Gasteiger partial charge < -0.3 is 5.32 Å². The molecular weight excluding hydrogens is 286 g/mol. The number of nitrogens with one attached hydrogen (secondary N) is 1. The lowest BCUT2D eigenvalue weighted by Crippen LogP contribution is -2.22. The number of aromatic nitrogens is 4. The summed E-state index contributed by atoms with van der Waals surface area (Å²) in [5, 5.41) is 4.67. The molecular formula is C18H19N5. The lowest BCUT2D eigenvalue weighted by Gasteiger charge is -2.19. The van der Waals surface area contributed by atoms with Crippen molar-refractivity contribution in [2.75, 3.05) is 5.32 Å². The number of rotatable bonds is 3. The molecule has 0 aromatic carbocycles. The number of fused-ring (bicyclic) bond motifs is 1. The van der Waals surface area contributed by atoms with Crippen molar-refractivity contribution in [3.63, 3.8) is 0 Å². The molecule has 3 aromatic heterocycles. The van der Waals surface area contributed by atoms with E-state index in [1.54, 1.807) is 24.8 Å². The van der Waals surface area contributed by atoms with Gasteiger partial charge in [0.25, 0.3) is 0 Å². The Balaban J connectivity index is 1.81. The third kappa shape index (κ3) is 2.74. The highest BCUT2D eigenvalue weighted by Crippen LogP contribution is 2.30. The molecule has 1 aliphatic carbocycles. The molecule has 5 nitrogen and oxygen atoms in total. The van der Waals surface area contributed by atoms with E-state index in [-0.39, 0.29) is 0 Å². The normalized spacial score (nSPS) is 20.7. The minimum atomic E-state index is 0.478. The van der Waals surface area contributed by atoms with Crippen LogP contribution >= 0.6 is 0 Å². The van der Waals surface area contributed by atoms with Crippen LogP contribution in [0.4, 0.5) is 5.82 Å². The molecule has 2 atom stereocenters. The van der Waals surface area contributed by atoms with Crippen molar-refractivity contribution in [1.29, 1.82) is 0 Å². The van der Waals surface area contributed by atoms with Gasteiger partial charge in [-0.15, -0.1) is 0 Å². The summed E-state index contributed by atoms with van der Waals surface area (Å²) >= 11 is 0. The molecule has 0 bridgehead atoms. The molecule has 3 heterocycles. The second-order valence-corrected chi connectivity index (χ2v) is 6.18. The molecule has 4 rings (SSSR count). The van der Waals surface area contributed by atoms with E-state index in [4.69, 9.17) is 4.98 Å². The highest BCUT2D eigenvalue weighted by molar-refractivity contribution is 5.90. The first-order valence-electron chi connectivity index (χ1n) is 8.10. The van der Waals surface area contributed by atoms with Crippen molar-refractivity contribution < 1.29 is 0 Å². The van der Waals surface area contributed by atoms with Gasteiger partial charge in [0.2, 0.25) is 0 Å². The molecule has 0 amide bonds. The summed E-state index contributed by atoms with van der Waals surface area (Å²) in [6.45, 7) is 2.30. The fraction of sp³-hybridized carbons (Fsp3) is 0.333. The summed E-state index contributed by atoms with van der Waals surface area (Å²) < 4.78 is 0. The van der Waals surface area contributed by atoms with Crippen molar-refractivity contribution in [1.82, 2.24) is 19.9 Å². The van der Waals surface area contributed by atoms with E-state index in [9.17, 15) is 0 Å². The molecule has 0 unspecified atom stereocenters. The Labute approximate surface area is 135 Å². The Morgan fingerprint density at radius 2 is 1.83 bits per heavy atom. The molecule has 0 radical (unpaired) electrons.